The fourth-order valence-corrected chi connectivity index (χ4v) is 6.23. The Hall–Kier alpha value is -2.97. The average Bonchev–Trinajstić information content (AvgIpc) is 3.40. The maximum Gasteiger partial charge on any atom is 0.253 e. The van der Waals surface area contributed by atoms with Crippen LogP contribution in [0.1, 0.15) is 65.3 Å². The van der Waals surface area contributed by atoms with Crippen molar-refractivity contribution in [2.75, 3.05) is 25.5 Å². The molecule has 0 atom stereocenters. The number of pyridine rings is 1. The zero-order chi connectivity index (χ0) is 26.7. The second-order valence-electron chi connectivity index (χ2n) is 10.3. The van der Waals surface area contributed by atoms with Gasteiger partial charge in [-0.05, 0) is 96.8 Å². The minimum atomic E-state index is -0.177. The molecule has 2 N–H and O–H groups in total. The largest absolute Gasteiger partial charge is 0.369 e. The third kappa shape index (κ3) is 5.96. The molecule has 2 heterocycles. The molecule has 4 rings (SSSR count). The number of H-pyrrole nitrogens is 1. The number of aromatic nitrogens is 2. The van der Waals surface area contributed by atoms with Gasteiger partial charge in [-0.3, -0.25) is 9.59 Å². The van der Waals surface area contributed by atoms with Gasteiger partial charge in [0.2, 0.25) is 0 Å². The van der Waals surface area contributed by atoms with Crippen molar-refractivity contribution in [1.29, 1.82) is 0 Å². The Kier molecular flexibility index (Phi) is 8.49. The Balaban J connectivity index is 1.66. The van der Waals surface area contributed by atoms with Gasteiger partial charge in [0, 0.05) is 64.8 Å². The van der Waals surface area contributed by atoms with E-state index in [1.807, 2.05) is 38.3 Å². The van der Waals surface area contributed by atoms with Crippen LogP contribution in [0.3, 0.4) is 0 Å². The molecule has 1 saturated carbocycles. The lowest BCUT2D eigenvalue weighted by atomic mass is 9.88. The van der Waals surface area contributed by atoms with Crippen molar-refractivity contribution < 1.29 is 4.79 Å². The van der Waals surface area contributed by atoms with Crippen molar-refractivity contribution in [3.8, 4) is 10.6 Å². The lowest BCUT2D eigenvalue weighted by Gasteiger charge is -2.40. The highest BCUT2D eigenvalue weighted by molar-refractivity contribution is 7.13. The maximum atomic E-state index is 13.5. The summed E-state index contributed by atoms with van der Waals surface area (Å²) < 4.78 is 0. The van der Waals surface area contributed by atoms with Crippen LogP contribution in [0.4, 0.5) is 5.69 Å². The van der Waals surface area contributed by atoms with Gasteiger partial charge in [-0.1, -0.05) is 0 Å². The highest BCUT2D eigenvalue weighted by Gasteiger charge is 2.28. The monoisotopic (exact) mass is 521 g/mol. The third-order valence-electron chi connectivity index (χ3n) is 7.71. The van der Waals surface area contributed by atoms with E-state index in [4.69, 9.17) is 0 Å². The molecule has 7 nitrogen and oxygen atoms in total. The van der Waals surface area contributed by atoms with Crippen LogP contribution in [0.15, 0.2) is 34.6 Å². The number of hydrogen-bond acceptors (Lipinski definition) is 6. The number of amides is 1. The number of benzene rings is 1. The summed E-state index contributed by atoms with van der Waals surface area (Å²) in [6.07, 6.45) is 6.42. The van der Waals surface area contributed by atoms with E-state index in [2.05, 4.69) is 52.2 Å². The third-order valence-corrected chi connectivity index (χ3v) is 8.53. The summed E-state index contributed by atoms with van der Waals surface area (Å²) >= 11 is 1.57. The number of nitrogens with zero attached hydrogens (tertiary/aromatic N) is 3. The Labute approximate surface area is 223 Å². The number of nitrogens with one attached hydrogen (secondary N) is 2. The molecule has 1 aromatic carbocycles. The molecular weight excluding hydrogens is 482 g/mol. The number of hydrogen-bond donors (Lipinski definition) is 2. The molecule has 0 saturated heterocycles. The van der Waals surface area contributed by atoms with Crippen LogP contribution in [-0.4, -0.2) is 53.5 Å². The quantitative estimate of drug-likeness (QED) is 0.433. The van der Waals surface area contributed by atoms with E-state index >= 15 is 0 Å². The first-order valence-electron chi connectivity index (χ1n) is 13.1. The van der Waals surface area contributed by atoms with Gasteiger partial charge >= 0.3 is 0 Å². The molecule has 1 aliphatic carbocycles. The molecule has 8 heteroatoms. The Morgan fingerprint density at radius 2 is 1.81 bits per heavy atom. The standard InChI is InChI=1S/C29H39N5O2S/c1-7-34(23-10-8-22(9-11-23)33(5)6)26-16-21(29-30-12-13-37-29)15-24(20(26)4)27(35)31-17-25-18(2)14-19(3)32-28(25)36/h12-16,22-23H,7-11,17H2,1-6H3,(H,31,35)(H,32,36). The number of anilines is 1. The van der Waals surface area contributed by atoms with Crippen LogP contribution in [0.5, 0.6) is 0 Å². The second kappa shape index (κ2) is 11.6. The molecule has 0 spiro atoms. The topological polar surface area (TPSA) is 81.3 Å². The van der Waals surface area contributed by atoms with Crippen molar-refractivity contribution in [3.05, 3.63) is 68.1 Å². The molecule has 2 aromatic heterocycles. The summed E-state index contributed by atoms with van der Waals surface area (Å²) in [4.78, 5) is 38.2. The zero-order valence-corrected chi connectivity index (χ0v) is 23.7. The highest BCUT2D eigenvalue weighted by atomic mass is 32.1. The first-order valence-corrected chi connectivity index (χ1v) is 14.0. The van der Waals surface area contributed by atoms with E-state index in [1.54, 1.807) is 17.5 Å². The number of aromatic amines is 1. The van der Waals surface area contributed by atoms with Gasteiger partial charge in [0.25, 0.3) is 11.5 Å². The number of thiazole rings is 1. The van der Waals surface area contributed by atoms with Crippen molar-refractivity contribution in [2.45, 2.75) is 72.0 Å². The SMILES string of the molecule is CCN(c1cc(-c2nccs2)cc(C(=O)NCc2c(C)cc(C)[nH]c2=O)c1C)C1CCC(N(C)C)CC1. The average molecular weight is 522 g/mol. The first-order chi connectivity index (χ1) is 17.7. The molecule has 1 aliphatic rings. The zero-order valence-electron chi connectivity index (χ0n) is 22.9. The number of carbonyl (C=O) groups excluding carboxylic acids is 1. The molecule has 37 heavy (non-hydrogen) atoms. The van der Waals surface area contributed by atoms with Gasteiger partial charge in [0.05, 0.1) is 0 Å². The lowest BCUT2D eigenvalue weighted by Crippen LogP contribution is -2.42. The number of carbonyl (C=O) groups is 1. The Bertz CT molecular complexity index is 1290. The van der Waals surface area contributed by atoms with E-state index in [0.717, 1.165) is 52.5 Å². The lowest BCUT2D eigenvalue weighted by molar-refractivity contribution is 0.0950. The van der Waals surface area contributed by atoms with Gasteiger partial charge < -0.3 is 20.1 Å². The Morgan fingerprint density at radius 1 is 1.11 bits per heavy atom. The van der Waals surface area contributed by atoms with Gasteiger partial charge in [-0.25, -0.2) is 4.98 Å². The summed E-state index contributed by atoms with van der Waals surface area (Å²) in [5, 5.41) is 5.87. The van der Waals surface area contributed by atoms with E-state index in [9.17, 15) is 9.59 Å². The normalized spacial score (nSPS) is 17.7. The van der Waals surface area contributed by atoms with Crippen LogP contribution in [0.25, 0.3) is 10.6 Å². The molecule has 3 aromatic rings. The van der Waals surface area contributed by atoms with Crippen molar-refractivity contribution in [1.82, 2.24) is 20.2 Å². The van der Waals surface area contributed by atoms with Gasteiger partial charge in [-0.15, -0.1) is 11.3 Å². The molecule has 0 radical (unpaired) electrons. The molecule has 0 unspecified atom stereocenters. The fraction of sp³-hybridized carbons (Fsp3) is 0.483. The second-order valence-corrected chi connectivity index (χ2v) is 11.2. The first kappa shape index (κ1) is 27.1. The van der Waals surface area contributed by atoms with E-state index in [0.29, 0.717) is 23.2 Å². The van der Waals surface area contributed by atoms with Crippen LogP contribution in [-0.2, 0) is 6.54 Å². The van der Waals surface area contributed by atoms with Crippen molar-refractivity contribution in [2.24, 2.45) is 0 Å². The van der Waals surface area contributed by atoms with Gasteiger partial charge in [0.1, 0.15) is 5.01 Å². The van der Waals surface area contributed by atoms with Crippen LogP contribution >= 0.6 is 11.3 Å². The van der Waals surface area contributed by atoms with Crippen LogP contribution in [0, 0.1) is 20.8 Å². The van der Waals surface area contributed by atoms with Crippen molar-refractivity contribution >= 4 is 22.9 Å². The minimum Gasteiger partial charge on any atom is -0.369 e. The van der Waals surface area contributed by atoms with Crippen LogP contribution in [0.2, 0.25) is 0 Å². The molecule has 198 valence electrons. The van der Waals surface area contributed by atoms with Crippen molar-refractivity contribution in [3.63, 3.8) is 0 Å². The molecule has 0 aliphatic heterocycles. The maximum absolute atomic E-state index is 13.5. The molecular formula is C29H39N5O2S. The fourth-order valence-electron chi connectivity index (χ4n) is 5.60. The predicted molar refractivity (Wildman–Crippen MR) is 153 cm³/mol. The summed E-state index contributed by atoms with van der Waals surface area (Å²) in [7, 11) is 4.34. The van der Waals surface area contributed by atoms with Crippen LogP contribution < -0.4 is 15.8 Å². The van der Waals surface area contributed by atoms with E-state index in [1.165, 1.54) is 12.8 Å². The summed E-state index contributed by atoms with van der Waals surface area (Å²) in [5.41, 5.74) is 5.75. The van der Waals surface area contributed by atoms with Gasteiger partial charge in [-0.2, -0.15) is 0 Å². The molecule has 0 bridgehead atoms. The minimum absolute atomic E-state index is 0.155. The smallest absolute Gasteiger partial charge is 0.253 e. The summed E-state index contributed by atoms with van der Waals surface area (Å²) in [6.45, 7) is 9.05. The predicted octanol–water partition coefficient (Wildman–Crippen LogP) is 5.05. The van der Waals surface area contributed by atoms with Gasteiger partial charge in [0.15, 0.2) is 0 Å². The number of aryl methyl sites for hydroxylation is 2. The highest BCUT2D eigenvalue weighted by Crippen LogP contribution is 2.36. The summed E-state index contributed by atoms with van der Waals surface area (Å²) in [5.74, 6) is -0.177. The molecule has 1 fully saturated rings. The molecule has 1 amide bonds. The number of rotatable bonds is 8. The Morgan fingerprint density at radius 3 is 2.41 bits per heavy atom. The summed E-state index contributed by atoms with van der Waals surface area (Å²) in [6, 6.07) is 7.14. The van der Waals surface area contributed by atoms with E-state index in [-0.39, 0.29) is 18.0 Å². The van der Waals surface area contributed by atoms with E-state index < -0.39 is 0 Å².